The molecule has 0 spiro atoms. The Kier molecular flexibility index (Phi) is 8.56. The van der Waals surface area contributed by atoms with Gasteiger partial charge in [-0.05, 0) is 83.2 Å². The van der Waals surface area contributed by atoms with Crippen LogP contribution in [0.15, 0.2) is 59.0 Å². The molecule has 0 radical (unpaired) electrons. The van der Waals surface area contributed by atoms with Gasteiger partial charge in [0, 0.05) is 6.54 Å². The number of esters is 1. The Hall–Kier alpha value is -2.79. The van der Waals surface area contributed by atoms with E-state index in [4.69, 9.17) is 14.2 Å². The molecule has 2 aromatic rings. The molecule has 172 valence electrons. The van der Waals surface area contributed by atoms with Crippen LogP contribution in [0, 0.1) is 3.57 Å². The van der Waals surface area contributed by atoms with E-state index in [1.807, 2.05) is 25.1 Å². The lowest BCUT2D eigenvalue weighted by Gasteiger charge is -2.13. The summed E-state index contributed by atoms with van der Waals surface area (Å²) in [5.74, 6) is 0.635. The number of aliphatic imine (C=N–C) groups is 1. The molecule has 7 nitrogen and oxygen atoms in total. The van der Waals surface area contributed by atoms with Crippen molar-refractivity contribution < 1.29 is 23.8 Å². The minimum absolute atomic E-state index is 0.133. The molecule has 0 atom stereocenters. The Morgan fingerprint density at radius 1 is 1.27 bits per heavy atom. The molecule has 2 aromatic carbocycles. The average molecular weight is 578 g/mol. The average Bonchev–Trinajstić information content (AvgIpc) is 3.11. The molecule has 9 heteroatoms. The minimum atomic E-state index is -0.441. The number of amides is 1. The maximum absolute atomic E-state index is 13.0. The highest BCUT2D eigenvalue weighted by Crippen LogP contribution is 2.38. The number of rotatable bonds is 8. The number of benzene rings is 2. The highest BCUT2D eigenvalue weighted by molar-refractivity contribution is 14.1. The molecule has 1 heterocycles. The fraction of sp³-hybridized carbons (Fsp3) is 0.208. The lowest BCUT2D eigenvalue weighted by molar-refractivity contribution is -0.122. The van der Waals surface area contributed by atoms with E-state index in [1.165, 1.54) is 18.9 Å². The number of nitrogens with zero attached hydrogens (tertiary/aromatic N) is 2. The van der Waals surface area contributed by atoms with Crippen LogP contribution in [0.5, 0.6) is 11.5 Å². The minimum Gasteiger partial charge on any atom is -0.493 e. The van der Waals surface area contributed by atoms with Gasteiger partial charge in [-0.15, -0.1) is 0 Å². The molecular formula is C24H23IN2O5S. The molecule has 1 aliphatic rings. The van der Waals surface area contributed by atoms with E-state index < -0.39 is 5.97 Å². The summed E-state index contributed by atoms with van der Waals surface area (Å²) >= 11 is 3.46. The molecule has 33 heavy (non-hydrogen) atoms. The quantitative estimate of drug-likeness (QED) is 0.184. The first-order chi connectivity index (χ1) is 15.9. The Bertz CT molecular complexity index is 1150. The van der Waals surface area contributed by atoms with Crippen LogP contribution < -0.4 is 9.47 Å². The van der Waals surface area contributed by atoms with Crippen LogP contribution in [0.3, 0.4) is 0 Å². The van der Waals surface area contributed by atoms with Gasteiger partial charge in [0.05, 0.1) is 33.9 Å². The van der Waals surface area contributed by atoms with E-state index in [0.29, 0.717) is 46.0 Å². The van der Waals surface area contributed by atoms with Gasteiger partial charge in [0.25, 0.3) is 5.91 Å². The molecule has 0 aliphatic carbocycles. The van der Waals surface area contributed by atoms with Gasteiger partial charge in [0.1, 0.15) is 6.61 Å². The monoisotopic (exact) mass is 578 g/mol. The second-order valence-electron chi connectivity index (χ2n) is 6.73. The third kappa shape index (κ3) is 5.77. The SMILES string of the molecule is C=CCOc1c(I)cc(C=C2SC(=Nc3cccc(C(=O)OC)c3)N(CC)C2=O)cc1OC. The van der Waals surface area contributed by atoms with Crippen LogP contribution in [0.2, 0.25) is 0 Å². The van der Waals surface area contributed by atoms with Crippen LogP contribution in [0.25, 0.3) is 6.08 Å². The summed E-state index contributed by atoms with van der Waals surface area (Å²) < 4.78 is 16.8. The van der Waals surface area contributed by atoms with Gasteiger partial charge in [-0.3, -0.25) is 9.69 Å². The molecule has 0 saturated carbocycles. The predicted molar refractivity (Wildman–Crippen MR) is 139 cm³/mol. The van der Waals surface area contributed by atoms with E-state index >= 15 is 0 Å². The second kappa shape index (κ2) is 11.4. The van der Waals surface area contributed by atoms with Crippen molar-refractivity contribution in [3.8, 4) is 11.5 Å². The van der Waals surface area contributed by atoms with Crippen LogP contribution in [0.4, 0.5) is 5.69 Å². The number of halogens is 1. The number of ether oxygens (including phenoxy) is 3. The van der Waals surface area contributed by atoms with Crippen LogP contribution in [0.1, 0.15) is 22.8 Å². The summed E-state index contributed by atoms with van der Waals surface area (Å²) in [5, 5.41) is 0.545. The van der Waals surface area contributed by atoms with Crippen molar-refractivity contribution in [1.29, 1.82) is 0 Å². The number of amidine groups is 1. The standard InChI is InChI=1S/C24H23IN2O5S/c1-5-10-32-21-18(25)11-15(12-19(21)30-3)13-20-22(28)27(6-2)24(33-20)26-17-9-7-8-16(14-17)23(29)31-4/h5,7-9,11-14H,1,6,10H2,2-4H3. The number of carbonyl (C=O) groups excluding carboxylic acids is 2. The maximum Gasteiger partial charge on any atom is 0.337 e. The van der Waals surface area contributed by atoms with Crippen molar-refractivity contribution in [3.63, 3.8) is 0 Å². The summed E-state index contributed by atoms with van der Waals surface area (Å²) in [4.78, 5) is 31.6. The molecule has 0 unspecified atom stereocenters. The predicted octanol–water partition coefficient (Wildman–Crippen LogP) is 5.28. The summed E-state index contributed by atoms with van der Waals surface area (Å²) in [6, 6.07) is 10.5. The number of thioether (sulfide) groups is 1. The van der Waals surface area contributed by atoms with Gasteiger partial charge < -0.3 is 14.2 Å². The van der Waals surface area contributed by atoms with Crippen molar-refractivity contribution in [2.45, 2.75) is 6.92 Å². The second-order valence-corrected chi connectivity index (χ2v) is 8.90. The molecule has 0 bridgehead atoms. The fourth-order valence-electron chi connectivity index (χ4n) is 3.06. The highest BCUT2D eigenvalue weighted by Gasteiger charge is 2.32. The molecular weight excluding hydrogens is 555 g/mol. The van der Waals surface area contributed by atoms with Crippen molar-refractivity contribution in [2.75, 3.05) is 27.4 Å². The van der Waals surface area contributed by atoms with Gasteiger partial charge in [-0.1, -0.05) is 18.7 Å². The van der Waals surface area contributed by atoms with E-state index in [9.17, 15) is 9.59 Å². The van der Waals surface area contributed by atoms with E-state index in [0.717, 1.165) is 9.13 Å². The maximum atomic E-state index is 13.0. The highest BCUT2D eigenvalue weighted by atomic mass is 127. The largest absolute Gasteiger partial charge is 0.493 e. The summed E-state index contributed by atoms with van der Waals surface area (Å²) in [6.45, 7) is 6.39. The Morgan fingerprint density at radius 2 is 2.06 bits per heavy atom. The first-order valence-electron chi connectivity index (χ1n) is 10.0. The topological polar surface area (TPSA) is 77.4 Å². The Morgan fingerprint density at radius 3 is 2.73 bits per heavy atom. The van der Waals surface area contributed by atoms with E-state index in [2.05, 4.69) is 34.2 Å². The van der Waals surface area contributed by atoms with Crippen LogP contribution in [-0.4, -0.2) is 49.3 Å². The number of methoxy groups -OCH3 is 2. The number of hydrogen-bond donors (Lipinski definition) is 0. The fourth-order valence-corrected chi connectivity index (χ4v) is 4.90. The molecule has 1 amide bonds. The normalized spacial score (nSPS) is 15.8. The van der Waals surface area contributed by atoms with Gasteiger partial charge in [0.15, 0.2) is 16.7 Å². The molecule has 3 rings (SSSR count). The first-order valence-corrected chi connectivity index (χ1v) is 11.9. The zero-order chi connectivity index (χ0) is 24.0. The first kappa shape index (κ1) is 24.8. The van der Waals surface area contributed by atoms with Crippen LogP contribution in [-0.2, 0) is 9.53 Å². The zero-order valence-corrected chi connectivity index (χ0v) is 21.4. The third-order valence-corrected chi connectivity index (χ3v) is 6.40. The van der Waals surface area contributed by atoms with Crippen molar-refractivity contribution >= 4 is 63.2 Å². The number of hydrogen-bond acceptors (Lipinski definition) is 7. The number of likely N-dealkylation sites (N-methyl/N-ethyl adjacent to an activating group) is 1. The smallest absolute Gasteiger partial charge is 0.337 e. The van der Waals surface area contributed by atoms with Gasteiger partial charge in [-0.2, -0.15) is 0 Å². The summed E-state index contributed by atoms with van der Waals surface area (Å²) in [7, 11) is 2.90. The molecule has 0 N–H and O–H groups in total. The summed E-state index contributed by atoms with van der Waals surface area (Å²) in [6.07, 6.45) is 3.48. The van der Waals surface area contributed by atoms with Gasteiger partial charge in [0.2, 0.25) is 0 Å². The number of carbonyl (C=O) groups is 2. The lowest BCUT2D eigenvalue weighted by atomic mass is 10.2. The van der Waals surface area contributed by atoms with Gasteiger partial charge in [-0.25, -0.2) is 9.79 Å². The Balaban J connectivity index is 1.94. The molecule has 0 aromatic heterocycles. The van der Waals surface area contributed by atoms with Crippen LogP contribution >= 0.6 is 34.4 Å². The molecule has 1 fully saturated rings. The molecule has 1 aliphatic heterocycles. The van der Waals surface area contributed by atoms with Gasteiger partial charge >= 0.3 is 5.97 Å². The van der Waals surface area contributed by atoms with Crippen molar-refractivity contribution in [1.82, 2.24) is 4.90 Å². The van der Waals surface area contributed by atoms with E-state index in [1.54, 1.807) is 42.4 Å². The summed E-state index contributed by atoms with van der Waals surface area (Å²) in [5.41, 5.74) is 1.77. The third-order valence-electron chi connectivity index (χ3n) is 4.59. The Labute approximate surface area is 210 Å². The lowest BCUT2D eigenvalue weighted by Crippen LogP contribution is -2.28. The zero-order valence-electron chi connectivity index (χ0n) is 18.5. The van der Waals surface area contributed by atoms with E-state index in [-0.39, 0.29) is 5.91 Å². The van der Waals surface area contributed by atoms with Crippen molar-refractivity contribution in [3.05, 3.63) is 68.7 Å². The van der Waals surface area contributed by atoms with Crippen molar-refractivity contribution in [2.24, 2.45) is 4.99 Å². The molecule has 1 saturated heterocycles.